The Morgan fingerprint density at radius 2 is 1.70 bits per heavy atom. The molecule has 0 radical (unpaired) electrons. The first-order valence-electron chi connectivity index (χ1n) is 10.3. The van der Waals surface area contributed by atoms with Crippen LogP contribution in [0, 0.1) is 11.3 Å². The summed E-state index contributed by atoms with van der Waals surface area (Å²) in [7, 11) is 0. The molecule has 0 aromatic heterocycles. The van der Waals surface area contributed by atoms with E-state index in [-0.39, 0.29) is 30.7 Å². The molecule has 6 nitrogen and oxygen atoms in total. The van der Waals surface area contributed by atoms with Gasteiger partial charge in [0.15, 0.2) is 0 Å². The third-order valence-electron chi connectivity index (χ3n) is 5.34. The first-order chi connectivity index (χ1) is 14.7. The van der Waals surface area contributed by atoms with Crippen molar-refractivity contribution < 1.29 is 14.3 Å². The van der Waals surface area contributed by atoms with Gasteiger partial charge in [-0.1, -0.05) is 48.5 Å². The second-order valence-electron chi connectivity index (χ2n) is 7.35. The zero-order chi connectivity index (χ0) is 21.2. The first-order valence-corrected chi connectivity index (χ1v) is 10.3. The van der Waals surface area contributed by atoms with Crippen LogP contribution in [0.3, 0.4) is 0 Å². The van der Waals surface area contributed by atoms with E-state index in [9.17, 15) is 9.59 Å². The van der Waals surface area contributed by atoms with Gasteiger partial charge in [0, 0.05) is 31.4 Å². The van der Waals surface area contributed by atoms with Crippen molar-refractivity contribution in [3.05, 3.63) is 71.8 Å². The lowest BCUT2D eigenvalue weighted by Gasteiger charge is -2.35. The molecule has 1 unspecified atom stereocenters. The van der Waals surface area contributed by atoms with E-state index in [0.717, 1.165) is 18.4 Å². The maximum absolute atomic E-state index is 13.3. The molecule has 1 saturated heterocycles. The van der Waals surface area contributed by atoms with Gasteiger partial charge in [-0.15, -0.1) is 0 Å². The van der Waals surface area contributed by atoms with Gasteiger partial charge in [-0.05, 0) is 30.5 Å². The summed E-state index contributed by atoms with van der Waals surface area (Å²) in [5.41, 5.74) is 1.43. The quantitative estimate of drug-likeness (QED) is 0.729. The van der Waals surface area contributed by atoms with E-state index < -0.39 is 6.04 Å². The number of carbonyl (C=O) groups excluding carboxylic acids is 2. The van der Waals surface area contributed by atoms with Crippen LogP contribution in [0.2, 0.25) is 0 Å². The first kappa shape index (κ1) is 21.5. The van der Waals surface area contributed by atoms with Crippen LogP contribution in [0.15, 0.2) is 60.7 Å². The highest BCUT2D eigenvalue weighted by atomic mass is 16.5. The SMILES string of the molecule is N#CCCN(C(=O)CC(NC(=O)c1ccccc1)c1ccccc1)C1CCOCC1. The van der Waals surface area contributed by atoms with Gasteiger partial charge in [-0.2, -0.15) is 5.26 Å². The van der Waals surface area contributed by atoms with E-state index in [0.29, 0.717) is 25.3 Å². The predicted molar refractivity (Wildman–Crippen MR) is 113 cm³/mol. The summed E-state index contributed by atoms with van der Waals surface area (Å²) in [6.45, 7) is 1.63. The number of ether oxygens (including phenoxy) is 1. The molecule has 3 rings (SSSR count). The normalized spacial score (nSPS) is 15.0. The fourth-order valence-corrected chi connectivity index (χ4v) is 3.74. The van der Waals surface area contributed by atoms with E-state index in [1.54, 1.807) is 17.0 Å². The number of carbonyl (C=O) groups is 2. The lowest BCUT2D eigenvalue weighted by molar-refractivity contribution is -0.135. The molecule has 2 aromatic rings. The maximum atomic E-state index is 13.3. The van der Waals surface area contributed by atoms with E-state index in [1.807, 2.05) is 48.5 Å². The zero-order valence-corrected chi connectivity index (χ0v) is 17.0. The fraction of sp³-hybridized carbons (Fsp3) is 0.375. The molecule has 156 valence electrons. The number of amides is 2. The minimum absolute atomic E-state index is 0.0561. The summed E-state index contributed by atoms with van der Waals surface area (Å²) in [4.78, 5) is 27.8. The second kappa shape index (κ2) is 11.1. The van der Waals surface area contributed by atoms with Crippen LogP contribution in [-0.2, 0) is 9.53 Å². The topological polar surface area (TPSA) is 82.4 Å². The van der Waals surface area contributed by atoms with Gasteiger partial charge in [-0.25, -0.2) is 0 Å². The van der Waals surface area contributed by atoms with Crippen LogP contribution in [0.4, 0.5) is 0 Å². The molecule has 1 atom stereocenters. The monoisotopic (exact) mass is 405 g/mol. The molecule has 1 N–H and O–H groups in total. The second-order valence-corrected chi connectivity index (χ2v) is 7.35. The van der Waals surface area contributed by atoms with Crippen LogP contribution in [0.25, 0.3) is 0 Å². The molecule has 0 saturated carbocycles. The minimum atomic E-state index is -0.448. The van der Waals surface area contributed by atoms with Gasteiger partial charge in [0.2, 0.25) is 5.91 Å². The summed E-state index contributed by atoms with van der Waals surface area (Å²) < 4.78 is 5.43. The molecule has 0 bridgehead atoms. The van der Waals surface area contributed by atoms with Crippen molar-refractivity contribution in [2.24, 2.45) is 0 Å². The highest BCUT2D eigenvalue weighted by Gasteiger charge is 2.28. The Morgan fingerprint density at radius 1 is 1.07 bits per heavy atom. The minimum Gasteiger partial charge on any atom is -0.381 e. The average Bonchev–Trinajstić information content (AvgIpc) is 2.80. The number of nitrogens with zero attached hydrogens (tertiary/aromatic N) is 2. The van der Waals surface area contributed by atoms with Crippen LogP contribution in [0.5, 0.6) is 0 Å². The van der Waals surface area contributed by atoms with Crippen LogP contribution < -0.4 is 5.32 Å². The van der Waals surface area contributed by atoms with Crippen LogP contribution in [-0.4, -0.2) is 42.5 Å². The molecular formula is C24H27N3O3. The average molecular weight is 405 g/mol. The van der Waals surface area contributed by atoms with Crippen molar-refractivity contribution in [1.29, 1.82) is 5.26 Å². The highest BCUT2D eigenvalue weighted by Crippen LogP contribution is 2.22. The summed E-state index contributed by atoms with van der Waals surface area (Å²) in [5, 5.41) is 12.0. The summed E-state index contributed by atoms with van der Waals surface area (Å²) in [6.07, 6.45) is 1.97. The van der Waals surface area contributed by atoms with E-state index in [1.165, 1.54) is 0 Å². The van der Waals surface area contributed by atoms with E-state index in [2.05, 4.69) is 11.4 Å². The maximum Gasteiger partial charge on any atom is 0.251 e. The molecule has 30 heavy (non-hydrogen) atoms. The Labute approximate surface area is 177 Å². The van der Waals surface area contributed by atoms with Gasteiger partial charge in [0.1, 0.15) is 0 Å². The number of hydrogen-bond donors (Lipinski definition) is 1. The van der Waals surface area contributed by atoms with Crippen molar-refractivity contribution in [1.82, 2.24) is 10.2 Å². The molecule has 1 heterocycles. The Hall–Kier alpha value is -3.17. The van der Waals surface area contributed by atoms with Gasteiger partial charge >= 0.3 is 0 Å². The van der Waals surface area contributed by atoms with Crippen molar-refractivity contribution in [3.8, 4) is 6.07 Å². The van der Waals surface area contributed by atoms with Gasteiger partial charge in [0.25, 0.3) is 5.91 Å². The largest absolute Gasteiger partial charge is 0.381 e. The molecule has 0 aliphatic carbocycles. The zero-order valence-electron chi connectivity index (χ0n) is 17.0. The molecule has 1 fully saturated rings. The summed E-state index contributed by atoms with van der Waals surface area (Å²) in [6, 6.07) is 20.3. The van der Waals surface area contributed by atoms with Gasteiger partial charge in [-0.3, -0.25) is 9.59 Å². The van der Waals surface area contributed by atoms with Gasteiger partial charge < -0.3 is 15.0 Å². The Kier molecular flexibility index (Phi) is 7.99. The third kappa shape index (κ3) is 5.91. The molecule has 6 heteroatoms. The lowest BCUT2D eigenvalue weighted by Crippen LogP contribution is -2.45. The third-order valence-corrected chi connectivity index (χ3v) is 5.34. The van der Waals surface area contributed by atoms with Crippen LogP contribution >= 0.6 is 0 Å². The van der Waals surface area contributed by atoms with Crippen molar-refractivity contribution in [2.75, 3.05) is 19.8 Å². The van der Waals surface area contributed by atoms with Crippen LogP contribution in [0.1, 0.15) is 47.6 Å². The highest BCUT2D eigenvalue weighted by molar-refractivity contribution is 5.94. The Balaban J connectivity index is 1.77. The summed E-state index contributed by atoms with van der Waals surface area (Å²) in [5.74, 6) is -0.272. The number of nitrogens with one attached hydrogen (secondary N) is 1. The Morgan fingerprint density at radius 3 is 2.33 bits per heavy atom. The lowest BCUT2D eigenvalue weighted by atomic mass is 10.00. The fourth-order valence-electron chi connectivity index (χ4n) is 3.74. The predicted octanol–water partition coefficient (Wildman–Crippen LogP) is 3.47. The number of rotatable bonds is 8. The van der Waals surface area contributed by atoms with E-state index >= 15 is 0 Å². The molecule has 0 spiro atoms. The molecule has 1 aliphatic rings. The number of nitriles is 1. The van der Waals surface area contributed by atoms with E-state index in [4.69, 9.17) is 10.00 Å². The Bertz CT molecular complexity index is 858. The standard InChI is InChI=1S/C24H27N3O3/c25-14-7-15-27(21-12-16-30-17-13-21)23(28)18-22(19-8-3-1-4-9-19)26-24(29)20-10-5-2-6-11-20/h1-6,8-11,21-22H,7,12-13,15-18H2,(H,26,29). The smallest absolute Gasteiger partial charge is 0.251 e. The summed E-state index contributed by atoms with van der Waals surface area (Å²) >= 11 is 0. The number of benzene rings is 2. The number of hydrogen-bond acceptors (Lipinski definition) is 4. The molecular weight excluding hydrogens is 378 g/mol. The van der Waals surface area contributed by atoms with Crippen molar-refractivity contribution >= 4 is 11.8 Å². The van der Waals surface area contributed by atoms with Crippen molar-refractivity contribution in [2.45, 2.75) is 37.8 Å². The molecule has 1 aliphatic heterocycles. The van der Waals surface area contributed by atoms with Gasteiger partial charge in [0.05, 0.1) is 25.0 Å². The van der Waals surface area contributed by atoms with Crippen molar-refractivity contribution in [3.63, 3.8) is 0 Å². The molecule has 2 aromatic carbocycles. The molecule has 2 amide bonds.